The molecule has 1 fully saturated rings. The van der Waals surface area contributed by atoms with E-state index in [1.165, 1.54) is 32.3 Å². The Labute approximate surface area is 139 Å². The molecule has 0 unspecified atom stereocenters. The van der Waals surface area contributed by atoms with Crippen LogP contribution >= 0.6 is 15.9 Å². The zero-order chi connectivity index (χ0) is 14.9. The topological polar surface area (TPSA) is 12.0 Å². The van der Waals surface area contributed by atoms with Gasteiger partial charge < -0.3 is 5.32 Å². The smallest absolute Gasteiger partial charge is 0.0260 e. The van der Waals surface area contributed by atoms with E-state index in [1.54, 1.807) is 5.57 Å². The minimum Gasteiger partial charge on any atom is -0.316 e. The van der Waals surface area contributed by atoms with Crippen LogP contribution in [0.25, 0.3) is 16.1 Å². The number of benzene rings is 2. The molecule has 2 heteroatoms. The summed E-state index contributed by atoms with van der Waals surface area (Å²) in [6.07, 6.45) is 4.52. The molecule has 0 saturated carbocycles. The molecule has 0 radical (unpaired) electrons. The highest BCUT2D eigenvalue weighted by molar-refractivity contribution is 9.15. The van der Waals surface area contributed by atoms with Crippen molar-refractivity contribution in [2.24, 2.45) is 0 Å². The lowest BCUT2D eigenvalue weighted by molar-refractivity contribution is 0.611. The van der Waals surface area contributed by atoms with Gasteiger partial charge in [0.05, 0.1) is 0 Å². The maximum Gasteiger partial charge on any atom is 0.0260 e. The first kappa shape index (κ1) is 14.0. The number of fused-ring (bicyclic) bond motifs is 2. The summed E-state index contributed by atoms with van der Waals surface area (Å²) in [5.74, 6) is 0. The quantitative estimate of drug-likeness (QED) is 0.697. The summed E-state index contributed by atoms with van der Waals surface area (Å²) in [4.78, 5) is 0. The summed E-state index contributed by atoms with van der Waals surface area (Å²) in [5, 5.41) is 3.47. The molecule has 1 heterocycles. The minimum absolute atomic E-state index is 1.08. The SMILES string of the molecule is BrC1=Cc2ccccc2C(=C2CCNCC2)c2ccccc21. The molecule has 2 aromatic carbocycles. The van der Waals surface area contributed by atoms with Crippen LogP contribution in [-0.4, -0.2) is 13.1 Å². The van der Waals surface area contributed by atoms with Crippen LogP contribution in [0.3, 0.4) is 0 Å². The molecule has 1 saturated heterocycles. The van der Waals surface area contributed by atoms with Crippen LogP contribution in [0.2, 0.25) is 0 Å². The summed E-state index contributed by atoms with van der Waals surface area (Å²) in [6.45, 7) is 2.16. The lowest BCUT2D eigenvalue weighted by atomic mass is 9.86. The number of nitrogens with one attached hydrogen (secondary N) is 1. The zero-order valence-electron chi connectivity index (χ0n) is 12.4. The molecular formula is C20H18BrN. The third kappa shape index (κ3) is 2.37. The van der Waals surface area contributed by atoms with Crippen molar-refractivity contribution in [3.63, 3.8) is 0 Å². The molecule has 0 atom stereocenters. The van der Waals surface area contributed by atoms with Gasteiger partial charge in [-0.25, -0.2) is 0 Å². The summed E-state index contributed by atoms with van der Waals surface area (Å²) >= 11 is 3.78. The van der Waals surface area contributed by atoms with E-state index in [-0.39, 0.29) is 0 Å². The zero-order valence-corrected chi connectivity index (χ0v) is 14.0. The van der Waals surface area contributed by atoms with Gasteiger partial charge in [0.15, 0.2) is 0 Å². The Kier molecular flexibility index (Phi) is 3.73. The fourth-order valence-corrected chi connectivity index (χ4v) is 4.07. The second-order valence-electron chi connectivity index (χ2n) is 5.85. The average molecular weight is 352 g/mol. The lowest BCUT2D eigenvalue weighted by Gasteiger charge is -2.22. The summed E-state index contributed by atoms with van der Waals surface area (Å²) in [5.41, 5.74) is 8.33. The van der Waals surface area contributed by atoms with E-state index in [2.05, 4.69) is 75.9 Å². The maximum atomic E-state index is 3.78. The first-order chi connectivity index (χ1) is 10.8. The van der Waals surface area contributed by atoms with Crippen LogP contribution in [0, 0.1) is 0 Å². The minimum atomic E-state index is 1.08. The van der Waals surface area contributed by atoms with Gasteiger partial charge in [-0.2, -0.15) is 0 Å². The Hall–Kier alpha value is -1.64. The van der Waals surface area contributed by atoms with E-state index in [0.29, 0.717) is 0 Å². The van der Waals surface area contributed by atoms with E-state index in [4.69, 9.17) is 0 Å². The van der Waals surface area contributed by atoms with Crippen LogP contribution < -0.4 is 5.32 Å². The van der Waals surface area contributed by atoms with Crippen LogP contribution in [0.1, 0.15) is 35.1 Å². The van der Waals surface area contributed by atoms with Crippen LogP contribution in [0.5, 0.6) is 0 Å². The first-order valence-corrected chi connectivity index (χ1v) is 8.63. The van der Waals surface area contributed by atoms with Crippen molar-refractivity contribution in [2.75, 3.05) is 13.1 Å². The molecule has 4 rings (SSSR count). The molecule has 0 aromatic heterocycles. The van der Waals surface area contributed by atoms with Gasteiger partial charge in [-0.1, -0.05) is 70.0 Å². The van der Waals surface area contributed by atoms with Crippen LogP contribution in [-0.2, 0) is 0 Å². The van der Waals surface area contributed by atoms with Gasteiger partial charge in [0.25, 0.3) is 0 Å². The summed E-state index contributed by atoms with van der Waals surface area (Å²) in [6, 6.07) is 17.5. The van der Waals surface area contributed by atoms with E-state index in [9.17, 15) is 0 Å². The molecule has 1 N–H and O–H groups in total. The van der Waals surface area contributed by atoms with Gasteiger partial charge in [0.2, 0.25) is 0 Å². The molecular weight excluding hydrogens is 334 g/mol. The summed E-state index contributed by atoms with van der Waals surface area (Å²) < 4.78 is 1.17. The molecule has 1 nitrogen and oxygen atoms in total. The largest absolute Gasteiger partial charge is 0.316 e. The molecule has 0 spiro atoms. The molecule has 0 bridgehead atoms. The molecule has 22 heavy (non-hydrogen) atoms. The van der Waals surface area contributed by atoms with Crippen LogP contribution in [0.4, 0.5) is 0 Å². The van der Waals surface area contributed by atoms with Crippen molar-refractivity contribution in [2.45, 2.75) is 12.8 Å². The maximum absolute atomic E-state index is 3.78. The standard InChI is InChI=1S/C20H18BrN/c21-19-13-15-5-1-2-6-16(15)20(14-9-11-22-12-10-14)18-8-4-3-7-17(18)19/h1-8,13,22H,9-12H2. The Balaban J connectivity index is 2.05. The van der Waals surface area contributed by atoms with Gasteiger partial charge in [-0.3, -0.25) is 0 Å². The predicted octanol–water partition coefficient (Wildman–Crippen LogP) is 5.08. The van der Waals surface area contributed by atoms with E-state index in [0.717, 1.165) is 25.9 Å². The first-order valence-electron chi connectivity index (χ1n) is 7.84. The Morgan fingerprint density at radius 3 is 2.18 bits per heavy atom. The molecule has 2 aromatic rings. The second kappa shape index (κ2) is 5.86. The summed E-state index contributed by atoms with van der Waals surface area (Å²) in [7, 11) is 0. The van der Waals surface area contributed by atoms with Crippen molar-refractivity contribution < 1.29 is 0 Å². The molecule has 110 valence electrons. The average Bonchev–Trinajstić information content (AvgIpc) is 2.70. The molecule has 2 aliphatic rings. The van der Waals surface area contributed by atoms with Crippen molar-refractivity contribution in [3.8, 4) is 0 Å². The molecule has 1 aliphatic heterocycles. The van der Waals surface area contributed by atoms with Crippen molar-refractivity contribution in [1.29, 1.82) is 0 Å². The van der Waals surface area contributed by atoms with E-state index >= 15 is 0 Å². The normalized spacial score (nSPS) is 17.4. The number of hydrogen-bond donors (Lipinski definition) is 1. The van der Waals surface area contributed by atoms with Gasteiger partial charge in [0, 0.05) is 4.48 Å². The monoisotopic (exact) mass is 351 g/mol. The highest BCUT2D eigenvalue weighted by Gasteiger charge is 2.21. The third-order valence-corrected chi connectivity index (χ3v) is 5.18. The van der Waals surface area contributed by atoms with E-state index < -0.39 is 0 Å². The Morgan fingerprint density at radius 1 is 0.773 bits per heavy atom. The number of halogens is 1. The Morgan fingerprint density at radius 2 is 1.41 bits per heavy atom. The number of rotatable bonds is 0. The third-order valence-electron chi connectivity index (χ3n) is 4.53. The highest BCUT2D eigenvalue weighted by atomic mass is 79.9. The van der Waals surface area contributed by atoms with Crippen molar-refractivity contribution in [3.05, 3.63) is 76.4 Å². The second-order valence-corrected chi connectivity index (χ2v) is 6.71. The number of piperidine rings is 1. The fraction of sp³-hybridized carbons (Fsp3) is 0.200. The van der Waals surface area contributed by atoms with Gasteiger partial charge in [-0.05, 0) is 59.8 Å². The predicted molar refractivity (Wildman–Crippen MR) is 97.8 cm³/mol. The van der Waals surface area contributed by atoms with Gasteiger partial charge in [-0.15, -0.1) is 0 Å². The van der Waals surface area contributed by atoms with Crippen LogP contribution in [0.15, 0.2) is 54.1 Å². The lowest BCUT2D eigenvalue weighted by Crippen LogP contribution is -2.24. The van der Waals surface area contributed by atoms with Gasteiger partial charge in [0.1, 0.15) is 0 Å². The van der Waals surface area contributed by atoms with E-state index in [1.807, 2.05) is 0 Å². The number of hydrogen-bond acceptors (Lipinski definition) is 1. The Bertz CT molecular complexity index is 778. The highest BCUT2D eigenvalue weighted by Crippen LogP contribution is 2.42. The molecule has 0 amide bonds. The van der Waals surface area contributed by atoms with Crippen molar-refractivity contribution >= 4 is 32.1 Å². The fourth-order valence-electron chi connectivity index (χ4n) is 3.48. The van der Waals surface area contributed by atoms with Gasteiger partial charge >= 0.3 is 0 Å². The van der Waals surface area contributed by atoms with Crippen molar-refractivity contribution in [1.82, 2.24) is 5.32 Å². The molecule has 1 aliphatic carbocycles.